The summed E-state index contributed by atoms with van der Waals surface area (Å²) >= 11 is 0. The van der Waals surface area contributed by atoms with Crippen molar-refractivity contribution in [2.24, 2.45) is 10.8 Å². The van der Waals surface area contributed by atoms with E-state index in [1.165, 1.54) is 5.56 Å². The average Bonchev–Trinajstić information content (AvgIpc) is 2.43. The quantitative estimate of drug-likeness (QED) is 0.670. The normalized spacial score (nSPS) is 12.3. The van der Waals surface area contributed by atoms with Crippen LogP contribution in [0.1, 0.15) is 47.1 Å². The fraction of sp³-hybridized carbons (Fsp3) is 0.545. The molecule has 0 atom stereocenters. The van der Waals surface area contributed by atoms with Gasteiger partial charge in [-0.3, -0.25) is 4.90 Å². The van der Waals surface area contributed by atoms with Crippen LogP contribution in [-0.4, -0.2) is 25.1 Å². The molecule has 24 heavy (non-hydrogen) atoms. The predicted octanol–water partition coefficient (Wildman–Crippen LogP) is 5.15. The molecular weight excluding hydrogens is 294 g/mol. The van der Waals surface area contributed by atoms with Crippen molar-refractivity contribution in [3.8, 4) is 17.6 Å². The summed E-state index contributed by atoms with van der Waals surface area (Å²) in [4.78, 5) is 2.26. The van der Waals surface area contributed by atoms with Crippen LogP contribution in [0.15, 0.2) is 36.4 Å². The lowest BCUT2D eigenvalue weighted by Gasteiger charge is -2.20. The average molecular weight is 328 g/mol. The summed E-state index contributed by atoms with van der Waals surface area (Å²) in [7, 11) is 2.12. The van der Waals surface area contributed by atoms with E-state index in [1.807, 2.05) is 12.1 Å². The topological polar surface area (TPSA) is 12.5 Å². The Hall–Kier alpha value is -1.72. The van der Waals surface area contributed by atoms with E-state index in [0.717, 1.165) is 25.4 Å². The molecule has 0 aromatic heterocycles. The van der Waals surface area contributed by atoms with Crippen LogP contribution in [0.5, 0.6) is 5.75 Å². The van der Waals surface area contributed by atoms with Gasteiger partial charge in [-0.2, -0.15) is 0 Å². The number of hydrogen-bond acceptors (Lipinski definition) is 2. The molecule has 0 N–H and O–H groups in total. The molecule has 0 saturated carbocycles. The lowest BCUT2D eigenvalue weighted by atomic mass is 9.98. The van der Waals surface area contributed by atoms with Gasteiger partial charge in [0, 0.05) is 18.5 Å². The summed E-state index contributed by atoms with van der Waals surface area (Å²) in [6, 6.07) is 8.36. The van der Waals surface area contributed by atoms with Gasteiger partial charge in [-0.05, 0) is 57.0 Å². The minimum absolute atomic E-state index is 0.0593. The van der Waals surface area contributed by atoms with Crippen LogP contribution in [0.25, 0.3) is 0 Å². The smallest absolute Gasteiger partial charge is 0.119 e. The van der Waals surface area contributed by atoms with E-state index in [1.54, 1.807) is 0 Å². The maximum absolute atomic E-state index is 5.89. The van der Waals surface area contributed by atoms with Gasteiger partial charge in [-0.25, -0.2) is 0 Å². The molecule has 1 aromatic rings. The van der Waals surface area contributed by atoms with E-state index in [-0.39, 0.29) is 10.8 Å². The summed E-state index contributed by atoms with van der Waals surface area (Å²) in [5.74, 6) is 7.26. The molecule has 0 unspecified atom stereocenters. The molecule has 0 heterocycles. The molecule has 0 aliphatic rings. The molecule has 1 rings (SSSR count). The van der Waals surface area contributed by atoms with Crippen LogP contribution < -0.4 is 4.74 Å². The van der Waals surface area contributed by atoms with Gasteiger partial charge in [-0.15, -0.1) is 0 Å². The first-order chi connectivity index (χ1) is 11.1. The zero-order valence-electron chi connectivity index (χ0n) is 16.4. The van der Waals surface area contributed by atoms with Crippen molar-refractivity contribution in [1.29, 1.82) is 0 Å². The van der Waals surface area contributed by atoms with E-state index in [4.69, 9.17) is 4.74 Å². The minimum atomic E-state index is 0.0593. The molecule has 0 bridgehead atoms. The molecule has 0 spiro atoms. The van der Waals surface area contributed by atoms with Gasteiger partial charge in [0.1, 0.15) is 5.75 Å². The Bertz CT molecular complexity index is 591. The standard InChI is InChI=1S/C22H33NO/c1-21(2,3)14-9-8-10-15-23(7)17-19-12-11-13-20(16-19)24-18-22(4,5)6/h8,10-13,16H,15,17-18H2,1-7H3/b10-8+. The van der Waals surface area contributed by atoms with E-state index < -0.39 is 0 Å². The fourth-order valence-electron chi connectivity index (χ4n) is 1.96. The largest absolute Gasteiger partial charge is 0.493 e. The maximum atomic E-state index is 5.89. The van der Waals surface area contributed by atoms with Crippen molar-refractivity contribution >= 4 is 0 Å². The van der Waals surface area contributed by atoms with Gasteiger partial charge in [0.15, 0.2) is 0 Å². The Labute approximate surface area is 148 Å². The number of ether oxygens (including phenoxy) is 1. The van der Waals surface area contributed by atoms with Gasteiger partial charge < -0.3 is 4.74 Å². The molecule has 2 nitrogen and oxygen atoms in total. The van der Waals surface area contributed by atoms with E-state index >= 15 is 0 Å². The lowest BCUT2D eigenvalue weighted by Crippen LogP contribution is -2.18. The number of rotatable bonds is 6. The maximum Gasteiger partial charge on any atom is 0.119 e. The summed E-state index contributed by atoms with van der Waals surface area (Å²) in [5, 5.41) is 0. The van der Waals surface area contributed by atoms with Crippen LogP contribution >= 0.6 is 0 Å². The Balaban J connectivity index is 2.50. The zero-order valence-corrected chi connectivity index (χ0v) is 16.4. The number of hydrogen-bond donors (Lipinski definition) is 0. The van der Waals surface area contributed by atoms with Crippen LogP contribution in [0.4, 0.5) is 0 Å². The van der Waals surface area contributed by atoms with Crippen molar-refractivity contribution in [2.45, 2.75) is 48.1 Å². The Morgan fingerprint density at radius 1 is 1.12 bits per heavy atom. The van der Waals surface area contributed by atoms with Crippen molar-refractivity contribution in [3.05, 3.63) is 42.0 Å². The number of nitrogens with zero attached hydrogens (tertiary/aromatic N) is 1. The van der Waals surface area contributed by atoms with Gasteiger partial charge in [0.2, 0.25) is 0 Å². The summed E-state index contributed by atoms with van der Waals surface area (Å²) in [5.41, 5.74) is 1.49. The third kappa shape index (κ3) is 10.1. The molecule has 0 amide bonds. The van der Waals surface area contributed by atoms with Gasteiger partial charge in [0.25, 0.3) is 0 Å². The molecule has 0 fully saturated rings. The third-order valence-corrected chi connectivity index (χ3v) is 3.09. The first-order valence-corrected chi connectivity index (χ1v) is 8.63. The van der Waals surface area contributed by atoms with Gasteiger partial charge in [-0.1, -0.05) is 50.8 Å². The van der Waals surface area contributed by atoms with Crippen molar-refractivity contribution in [1.82, 2.24) is 4.90 Å². The molecular formula is C22H33NO. The highest BCUT2D eigenvalue weighted by molar-refractivity contribution is 5.28. The van der Waals surface area contributed by atoms with E-state index in [9.17, 15) is 0 Å². The summed E-state index contributed by atoms with van der Waals surface area (Å²) in [6.07, 6.45) is 4.06. The Kier molecular flexibility index (Phi) is 7.58. The van der Waals surface area contributed by atoms with Crippen LogP contribution in [-0.2, 0) is 6.54 Å². The first-order valence-electron chi connectivity index (χ1n) is 8.63. The highest BCUT2D eigenvalue weighted by Gasteiger charge is 2.11. The molecule has 2 heteroatoms. The highest BCUT2D eigenvalue weighted by Crippen LogP contribution is 2.19. The number of likely N-dealkylation sites (N-methyl/N-ethyl adjacent to an activating group) is 1. The van der Waals surface area contributed by atoms with Crippen LogP contribution in [0.3, 0.4) is 0 Å². The minimum Gasteiger partial charge on any atom is -0.493 e. The molecule has 0 aliphatic carbocycles. The Morgan fingerprint density at radius 3 is 2.46 bits per heavy atom. The number of benzene rings is 1. The predicted molar refractivity (Wildman–Crippen MR) is 104 cm³/mol. The second kappa shape index (κ2) is 8.94. The van der Waals surface area contributed by atoms with Crippen LogP contribution in [0.2, 0.25) is 0 Å². The molecule has 0 aliphatic heterocycles. The fourth-order valence-corrected chi connectivity index (χ4v) is 1.96. The van der Waals surface area contributed by atoms with E-state index in [2.05, 4.69) is 89.6 Å². The highest BCUT2D eigenvalue weighted by atomic mass is 16.5. The Morgan fingerprint density at radius 2 is 1.83 bits per heavy atom. The van der Waals surface area contributed by atoms with Crippen molar-refractivity contribution in [2.75, 3.05) is 20.2 Å². The summed E-state index contributed by atoms with van der Waals surface area (Å²) in [6.45, 7) is 15.4. The molecule has 132 valence electrons. The first kappa shape index (κ1) is 20.3. The molecule has 0 radical (unpaired) electrons. The van der Waals surface area contributed by atoms with Crippen molar-refractivity contribution in [3.63, 3.8) is 0 Å². The van der Waals surface area contributed by atoms with Gasteiger partial charge in [0.05, 0.1) is 6.61 Å². The van der Waals surface area contributed by atoms with Gasteiger partial charge >= 0.3 is 0 Å². The SMILES string of the molecule is CN(C/C=C/C#CC(C)(C)C)Cc1cccc(OCC(C)(C)C)c1. The van der Waals surface area contributed by atoms with Crippen molar-refractivity contribution < 1.29 is 4.74 Å². The second-order valence-corrected chi connectivity index (χ2v) is 8.62. The number of allylic oxidation sites excluding steroid dienone is 1. The second-order valence-electron chi connectivity index (χ2n) is 8.62. The van der Waals surface area contributed by atoms with E-state index in [0.29, 0.717) is 0 Å². The zero-order chi connectivity index (χ0) is 18.2. The molecule has 0 saturated heterocycles. The monoisotopic (exact) mass is 327 g/mol. The summed E-state index contributed by atoms with van der Waals surface area (Å²) < 4.78 is 5.89. The third-order valence-electron chi connectivity index (χ3n) is 3.09. The lowest BCUT2D eigenvalue weighted by molar-refractivity contribution is 0.197. The van der Waals surface area contributed by atoms with Crippen LogP contribution in [0, 0.1) is 22.7 Å². The molecule has 1 aromatic carbocycles.